The van der Waals surface area contributed by atoms with E-state index in [9.17, 15) is 0 Å². The molecule has 1 atom stereocenters. The number of rotatable bonds is 3. The summed E-state index contributed by atoms with van der Waals surface area (Å²) in [5, 5.41) is 0. The molecular weight excluding hydrogens is 152 g/mol. The summed E-state index contributed by atoms with van der Waals surface area (Å²) in [6, 6.07) is 8.00. The average Bonchev–Trinajstić information content (AvgIpc) is 2.17. The van der Waals surface area contributed by atoms with Gasteiger partial charge in [-0.15, -0.1) is 0 Å². The van der Waals surface area contributed by atoms with Crippen LogP contribution in [0.25, 0.3) is 0 Å². The maximum atomic E-state index is 5.29. The zero-order chi connectivity index (χ0) is 8.97. The van der Waals surface area contributed by atoms with E-state index in [4.69, 9.17) is 10.6 Å². The van der Waals surface area contributed by atoms with Crippen LogP contribution in [0.15, 0.2) is 24.3 Å². The molecule has 0 heterocycles. The van der Waals surface area contributed by atoms with Crippen LogP contribution in [-0.2, 0) is 0 Å². The highest BCUT2D eigenvalue weighted by Gasteiger charge is 2.01. The molecule has 0 unspecified atom stereocenters. The van der Waals surface area contributed by atoms with Crippen LogP contribution < -0.4 is 16.0 Å². The molecule has 0 aliphatic rings. The van der Waals surface area contributed by atoms with E-state index in [0.717, 1.165) is 11.3 Å². The maximum Gasteiger partial charge on any atom is 0.118 e. The molecule has 0 saturated heterocycles. The van der Waals surface area contributed by atoms with Crippen molar-refractivity contribution in [3.8, 4) is 5.75 Å². The third-order valence-corrected chi connectivity index (χ3v) is 1.87. The van der Waals surface area contributed by atoms with Crippen molar-refractivity contribution in [2.45, 2.75) is 13.0 Å². The fourth-order valence-electron chi connectivity index (χ4n) is 0.989. The van der Waals surface area contributed by atoms with Gasteiger partial charge in [0.25, 0.3) is 0 Å². The summed E-state index contributed by atoms with van der Waals surface area (Å²) in [4.78, 5) is 0. The Kier molecular flexibility index (Phi) is 3.08. The number of hydrogen-bond acceptors (Lipinski definition) is 3. The molecule has 0 bridgehead atoms. The summed E-state index contributed by atoms with van der Waals surface area (Å²) in [6.45, 7) is 2.00. The minimum absolute atomic E-state index is 0.177. The lowest BCUT2D eigenvalue weighted by molar-refractivity contribution is 0.414. The van der Waals surface area contributed by atoms with Gasteiger partial charge >= 0.3 is 0 Å². The van der Waals surface area contributed by atoms with Crippen molar-refractivity contribution in [3.63, 3.8) is 0 Å². The molecule has 0 aromatic heterocycles. The third kappa shape index (κ3) is 1.96. The van der Waals surface area contributed by atoms with E-state index in [-0.39, 0.29) is 6.04 Å². The quantitative estimate of drug-likeness (QED) is 0.524. The minimum atomic E-state index is 0.177. The molecule has 0 aliphatic heterocycles. The van der Waals surface area contributed by atoms with Gasteiger partial charge in [0.1, 0.15) is 5.75 Å². The highest BCUT2D eigenvalue weighted by molar-refractivity contribution is 5.28. The molecule has 1 aromatic carbocycles. The lowest BCUT2D eigenvalue weighted by Gasteiger charge is -2.10. The van der Waals surface area contributed by atoms with Crippen LogP contribution in [0.2, 0.25) is 0 Å². The van der Waals surface area contributed by atoms with Gasteiger partial charge in [-0.1, -0.05) is 12.1 Å². The van der Waals surface area contributed by atoms with Crippen molar-refractivity contribution < 1.29 is 4.74 Å². The average molecular weight is 166 g/mol. The van der Waals surface area contributed by atoms with Gasteiger partial charge in [0.15, 0.2) is 0 Å². The Morgan fingerprint density at radius 3 is 2.33 bits per heavy atom. The summed E-state index contributed by atoms with van der Waals surface area (Å²) in [6.07, 6.45) is 0. The minimum Gasteiger partial charge on any atom is -0.497 e. The molecule has 1 rings (SSSR count). The predicted octanol–water partition coefficient (Wildman–Crippen LogP) is 1.22. The summed E-state index contributed by atoms with van der Waals surface area (Å²) >= 11 is 0. The van der Waals surface area contributed by atoms with Crippen molar-refractivity contribution in [1.82, 2.24) is 5.43 Å². The molecule has 0 radical (unpaired) electrons. The Balaban J connectivity index is 2.77. The molecule has 12 heavy (non-hydrogen) atoms. The highest BCUT2D eigenvalue weighted by atomic mass is 16.5. The summed E-state index contributed by atoms with van der Waals surface area (Å²) < 4.78 is 5.03. The normalized spacial score (nSPS) is 12.6. The highest BCUT2D eigenvalue weighted by Crippen LogP contribution is 2.16. The second kappa shape index (κ2) is 4.09. The predicted molar refractivity (Wildman–Crippen MR) is 48.7 cm³/mol. The Hall–Kier alpha value is -1.06. The molecule has 3 heteroatoms. The number of ether oxygens (including phenoxy) is 1. The van der Waals surface area contributed by atoms with Crippen molar-refractivity contribution in [2.75, 3.05) is 7.11 Å². The number of hydrogen-bond donors (Lipinski definition) is 2. The number of hydrazine groups is 1. The molecular formula is C9H14N2O. The molecule has 0 aliphatic carbocycles. The smallest absolute Gasteiger partial charge is 0.118 e. The van der Waals surface area contributed by atoms with Gasteiger partial charge in [0.05, 0.1) is 7.11 Å². The first-order valence-electron chi connectivity index (χ1n) is 3.88. The van der Waals surface area contributed by atoms with Crippen LogP contribution in [0.3, 0.4) is 0 Å². The number of nitrogens with one attached hydrogen (secondary N) is 1. The van der Waals surface area contributed by atoms with Gasteiger partial charge < -0.3 is 4.74 Å². The Morgan fingerprint density at radius 1 is 1.33 bits per heavy atom. The Labute approximate surface area is 72.5 Å². The van der Waals surface area contributed by atoms with Gasteiger partial charge in [-0.25, -0.2) is 0 Å². The standard InChI is InChI=1S/C9H14N2O/c1-7(11-10)8-3-5-9(12-2)6-4-8/h3-7,11H,10H2,1-2H3/t7-/m0/s1. The van der Waals surface area contributed by atoms with Gasteiger partial charge in [-0.2, -0.15) is 0 Å². The van der Waals surface area contributed by atoms with Crippen LogP contribution in [0.5, 0.6) is 5.75 Å². The van der Waals surface area contributed by atoms with Crippen molar-refractivity contribution >= 4 is 0 Å². The van der Waals surface area contributed by atoms with Crippen LogP contribution in [-0.4, -0.2) is 7.11 Å². The molecule has 0 amide bonds. The van der Waals surface area contributed by atoms with Crippen LogP contribution in [0.4, 0.5) is 0 Å². The van der Waals surface area contributed by atoms with E-state index in [0.29, 0.717) is 0 Å². The van der Waals surface area contributed by atoms with E-state index >= 15 is 0 Å². The fraction of sp³-hybridized carbons (Fsp3) is 0.333. The van der Waals surface area contributed by atoms with E-state index in [1.54, 1.807) is 7.11 Å². The Morgan fingerprint density at radius 2 is 1.92 bits per heavy atom. The zero-order valence-electron chi connectivity index (χ0n) is 7.37. The van der Waals surface area contributed by atoms with Crippen molar-refractivity contribution in [3.05, 3.63) is 29.8 Å². The fourth-order valence-corrected chi connectivity index (χ4v) is 0.989. The van der Waals surface area contributed by atoms with Gasteiger partial charge in [0, 0.05) is 6.04 Å². The maximum absolute atomic E-state index is 5.29. The SMILES string of the molecule is COc1ccc([C@H](C)NN)cc1. The molecule has 0 spiro atoms. The molecule has 66 valence electrons. The van der Waals surface area contributed by atoms with Crippen LogP contribution >= 0.6 is 0 Å². The molecule has 1 aromatic rings. The van der Waals surface area contributed by atoms with E-state index < -0.39 is 0 Å². The second-order valence-electron chi connectivity index (χ2n) is 2.66. The van der Waals surface area contributed by atoms with Gasteiger partial charge in [-0.05, 0) is 24.6 Å². The van der Waals surface area contributed by atoms with Crippen molar-refractivity contribution in [2.24, 2.45) is 5.84 Å². The molecule has 0 fully saturated rings. The van der Waals surface area contributed by atoms with Crippen LogP contribution in [0, 0.1) is 0 Å². The first-order chi connectivity index (χ1) is 5.77. The van der Waals surface area contributed by atoms with Gasteiger partial charge in [0.2, 0.25) is 0 Å². The number of benzene rings is 1. The topological polar surface area (TPSA) is 47.3 Å². The zero-order valence-corrected chi connectivity index (χ0v) is 7.37. The lowest BCUT2D eigenvalue weighted by atomic mass is 10.1. The second-order valence-corrected chi connectivity index (χ2v) is 2.66. The lowest BCUT2D eigenvalue weighted by Crippen LogP contribution is -2.25. The van der Waals surface area contributed by atoms with Crippen LogP contribution in [0.1, 0.15) is 18.5 Å². The summed E-state index contributed by atoms with van der Waals surface area (Å²) in [7, 11) is 1.65. The summed E-state index contributed by atoms with van der Waals surface area (Å²) in [5.41, 5.74) is 3.83. The molecule has 3 nitrogen and oxygen atoms in total. The first kappa shape index (κ1) is 9.03. The molecule has 0 saturated carbocycles. The van der Waals surface area contributed by atoms with Crippen molar-refractivity contribution in [1.29, 1.82) is 0 Å². The Bertz CT molecular complexity index is 233. The van der Waals surface area contributed by atoms with E-state index in [1.165, 1.54) is 0 Å². The van der Waals surface area contributed by atoms with Gasteiger partial charge in [-0.3, -0.25) is 11.3 Å². The molecule has 3 N–H and O–H groups in total. The first-order valence-corrected chi connectivity index (χ1v) is 3.88. The number of nitrogens with two attached hydrogens (primary N) is 1. The largest absolute Gasteiger partial charge is 0.497 e. The number of methoxy groups -OCH3 is 1. The third-order valence-electron chi connectivity index (χ3n) is 1.87. The van der Waals surface area contributed by atoms with E-state index in [2.05, 4.69) is 5.43 Å². The van der Waals surface area contributed by atoms with E-state index in [1.807, 2.05) is 31.2 Å². The monoisotopic (exact) mass is 166 g/mol. The summed E-state index contributed by atoms with van der Waals surface area (Å²) in [5.74, 6) is 6.16.